The zero-order valence-corrected chi connectivity index (χ0v) is 17.1. The summed E-state index contributed by atoms with van der Waals surface area (Å²) < 4.78 is 53.1. The smallest absolute Gasteiger partial charge is 0.365 e. The van der Waals surface area contributed by atoms with E-state index in [9.17, 15) is 22.4 Å². The number of benzene rings is 2. The summed E-state index contributed by atoms with van der Waals surface area (Å²) in [7, 11) is 0. The number of carbonyl (C=O) groups excluding carboxylic acids is 1. The molecule has 0 aliphatic carbocycles. The van der Waals surface area contributed by atoms with Crippen LogP contribution in [0.3, 0.4) is 0 Å². The van der Waals surface area contributed by atoms with Gasteiger partial charge in [-0.25, -0.2) is 19.0 Å². The summed E-state index contributed by atoms with van der Waals surface area (Å²) in [6.07, 6.45) is -1.57. The van der Waals surface area contributed by atoms with Crippen molar-refractivity contribution in [2.24, 2.45) is 0 Å². The van der Waals surface area contributed by atoms with E-state index in [1.54, 1.807) is 23.0 Å². The van der Waals surface area contributed by atoms with E-state index in [0.717, 1.165) is 17.7 Å². The fraction of sp³-hybridized carbons (Fsp3) is 0.182. The van der Waals surface area contributed by atoms with E-state index in [1.807, 2.05) is 0 Å². The van der Waals surface area contributed by atoms with Crippen LogP contribution in [0.2, 0.25) is 0 Å². The molecule has 0 aliphatic heterocycles. The fourth-order valence-electron chi connectivity index (χ4n) is 3.20. The minimum Gasteiger partial charge on any atom is -0.365 e. The van der Waals surface area contributed by atoms with Crippen LogP contribution in [-0.4, -0.2) is 32.2 Å². The second kappa shape index (κ2) is 9.23. The first kappa shape index (κ1) is 22.2. The Hall–Kier alpha value is -4.02. The second-order valence-corrected chi connectivity index (χ2v) is 7.14. The zero-order valence-electron chi connectivity index (χ0n) is 17.1. The number of amides is 1. The zero-order chi connectivity index (χ0) is 23.4. The third-order valence-corrected chi connectivity index (χ3v) is 4.87. The standard InChI is InChI=1S/C22H18F4N6O/c23-17-6-4-14(5-7-17)11-28-19-18-12-31-32(20(18)30-13-29-19)9-8-27-21(33)15-2-1-3-16(10-15)22(24,25)26/h1-7,10,12-13H,8-9,11H2,(H,27,33)(H,28,29,30). The van der Waals surface area contributed by atoms with Gasteiger partial charge in [-0.3, -0.25) is 4.79 Å². The highest BCUT2D eigenvalue weighted by Crippen LogP contribution is 2.29. The van der Waals surface area contributed by atoms with Gasteiger partial charge in [0.2, 0.25) is 0 Å². The van der Waals surface area contributed by atoms with Gasteiger partial charge in [-0.15, -0.1) is 0 Å². The van der Waals surface area contributed by atoms with Gasteiger partial charge in [-0.2, -0.15) is 18.3 Å². The average Bonchev–Trinajstić information content (AvgIpc) is 3.22. The predicted molar refractivity (Wildman–Crippen MR) is 113 cm³/mol. The van der Waals surface area contributed by atoms with Gasteiger partial charge in [-0.05, 0) is 35.9 Å². The molecule has 2 aromatic heterocycles. The third kappa shape index (κ3) is 5.25. The fourth-order valence-corrected chi connectivity index (χ4v) is 3.20. The molecule has 33 heavy (non-hydrogen) atoms. The number of aromatic nitrogens is 4. The average molecular weight is 458 g/mol. The van der Waals surface area contributed by atoms with E-state index >= 15 is 0 Å². The van der Waals surface area contributed by atoms with Gasteiger partial charge in [0.05, 0.1) is 23.7 Å². The monoisotopic (exact) mass is 458 g/mol. The van der Waals surface area contributed by atoms with Crippen LogP contribution in [0.5, 0.6) is 0 Å². The van der Waals surface area contributed by atoms with Crippen molar-refractivity contribution in [1.82, 2.24) is 25.1 Å². The summed E-state index contributed by atoms with van der Waals surface area (Å²) in [6, 6.07) is 10.3. The van der Waals surface area contributed by atoms with Crippen molar-refractivity contribution in [3.8, 4) is 0 Å². The molecule has 2 N–H and O–H groups in total. The molecule has 0 aliphatic rings. The topological polar surface area (TPSA) is 84.7 Å². The van der Waals surface area contributed by atoms with Crippen molar-refractivity contribution < 1.29 is 22.4 Å². The Morgan fingerprint density at radius 2 is 1.85 bits per heavy atom. The van der Waals surface area contributed by atoms with Crippen molar-refractivity contribution in [3.63, 3.8) is 0 Å². The SMILES string of the molecule is O=C(NCCn1ncc2c(NCc3ccc(F)cc3)ncnc21)c1cccc(C(F)(F)F)c1. The quantitative estimate of drug-likeness (QED) is 0.409. The van der Waals surface area contributed by atoms with Crippen LogP contribution in [0.1, 0.15) is 21.5 Å². The van der Waals surface area contributed by atoms with E-state index in [1.165, 1.54) is 30.6 Å². The molecule has 2 aromatic carbocycles. The van der Waals surface area contributed by atoms with Crippen LogP contribution in [0.4, 0.5) is 23.4 Å². The summed E-state index contributed by atoms with van der Waals surface area (Å²) in [4.78, 5) is 20.7. The van der Waals surface area contributed by atoms with Gasteiger partial charge in [-0.1, -0.05) is 18.2 Å². The van der Waals surface area contributed by atoms with Gasteiger partial charge in [0, 0.05) is 18.7 Å². The molecule has 0 fully saturated rings. The van der Waals surface area contributed by atoms with E-state index in [2.05, 4.69) is 25.7 Å². The van der Waals surface area contributed by atoms with E-state index in [0.29, 0.717) is 23.4 Å². The van der Waals surface area contributed by atoms with Gasteiger partial charge in [0.1, 0.15) is 18.0 Å². The van der Waals surface area contributed by atoms with Gasteiger partial charge in [0.25, 0.3) is 5.91 Å². The summed E-state index contributed by atoms with van der Waals surface area (Å²) in [5, 5.41) is 10.7. The molecule has 170 valence electrons. The van der Waals surface area contributed by atoms with Crippen molar-refractivity contribution in [1.29, 1.82) is 0 Å². The number of halogens is 4. The molecule has 4 rings (SSSR count). The van der Waals surface area contributed by atoms with Crippen LogP contribution in [0, 0.1) is 5.82 Å². The van der Waals surface area contributed by atoms with Gasteiger partial charge < -0.3 is 10.6 Å². The van der Waals surface area contributed by atoms with Crippen molar-refractivity contribution in [2.45, 2.75) is 19.3 Å². The van der Waals surface area contributed by atoms with Crippen LogP contribution in [0.25, 0.3) is 11.0 Å². The number of alkyl halides is 3. The number of nitrogens with zero attached hydrogens (tertiary/aromatic N) is 4. The number of rotatable bonds is 7. The third-order valence-electron chi connectivity index (χ3n) is 4.87. The second-order valence-electron chi connectivity index (χ2n) is 7.14. The molecule has 0 saturated heterocycles. The highest BCUT2D eigenvalue weighted by atomic mass is 19.4. The summed E-state index contributed by atoms with van der Waals surface area (Å²) >= 11 is 0. The van der Waals surface area contributed by atoms with Gasteiger partial charge >= 0.3 is 6.18 Å². The molecule has 7 nitrogen and oxygen atoms in total. The molecule has 0 radical (unpaired) electrons. The number of hydrogen-bond acceptors (Lipinski definition) is 5. The molecule has 0 saturated carbocycles. The predicted octanol–water partition coefficient (Wildman–Crippen LogP) is 4.03. The Kier molecular flexibility index (Phi) is 6.20. The Bertz CT molecular complexity index is 1270. The van der Waals surface area contributed by atoms with Crippen molar-refractivity contribution >= 4 is 22.8 Å². The molecule has 0 bridgehead atoms. The number of fused-ring (bicyclic) bond motifs is 1. The van der Waals surface area contributed by atoms with E-state index < -0.39 is 17.6 Å². The Morgan fingerprint density at radius 3 is 2.61 bits per heavy atom. The molecule has 0 spiro atoms. The normalized spacial score (nSPS) is 11.5. The summed E-state index contributed by atoms with van der Waals surface area (Å²) in [5.74, 6) is -0.387. The maximum absolute atomic E-state index is 13.1. The maximum Gasteiger partial charge on any atom is 0.416 e. The molecule has 11 heteroatoms. The van der Waals surface area contributed by atoms with Gasteiger partial charge in [0.15, 0.2) is 5.65 Å². The lowest BCUT2D eigenvalue weighted by molar-refractivity contribution is -0.137. The van der Waals surface area contributed by atoms with Crippen LogP contribution in [-0.2, 0) is 19.3 Å². The summed E-state index contributed by atoms with van der Waals surface area (Å²) in [5.41, 5.74) is 0.433. The van der Waals surface area contributed by atoms with Crippen LogP contribution < -0.4 is 10.6 Å². The highest BCUT2D eigenvalue weighted by molar-refractivity contribution is 5.94. The van der Waals surface area contributed by atoms with Crippen LogP contribution >= 0.6 is 0 Å². The Labute approximate surface area is 185 Å². The highest BCUT2D eigenvalue weighted by Gasteiger charge is 2.30. The number of nitrogens with one attached hydrogen (secondary N) is 2. The number of hydrogen-bond donors (Lipinski definition) is 2. The minimum absolute atomic E-state index is 0.0789. The molecule has 4 aromatic rings. The lowest BCUT2D eigenvalue weighted by Crippen LogP contribution is -2.27. The molecule has 0 unspecified atom stereocenters. The number of anilines is 1. The molecular formula is C22H18F4N6O. The minimum atomic E-state index is -4.52. The Balaban J connectivity index is 1.39. The first-order chi connectivity index (χ1) is 15.8. The largest absolute Gasteiger partial charge is 0.416 e. The van der Waals surface area contributed by atoms with Crippen molar-refractivity contribution in [2.75, 3.05) is 11.9 Å². The maximum atomic E-state index is 13.1. The molecule has 0 atom stereocenters. The first-order valence-electron chi connectivity index (χ1n) is 9.91. The van der Waals surface area contributed by atoms with E-state index in [4.69, 9.17) is 0 Å². The summed E-state index contributed by atoms with van der Waals surface area (Å²) in [6.45, 7) is 0.807. The van der Waals surface area contributed by atoms with E-state index in [-0.39, 0.29) is 24.5 Å². The van der Waals surface area contributed by atoms with Crippen LogP contribution in [0.15, 0.2) is 61.1 Å². The molecular weight excluding hydrogens is 440 g/mol. The molecule has 1 amide bonds. The Morgan fingerprint density at radius 1 is 1.06 bits per heavy atom. The lowest BCUT2D eigenvalue weighted by Gasteiger charge is -2.10. The molecule has 2 heterocycles. The first-order valence-corrected chi connectivity index (χ1v) is 9.91. The van der Waals surface area contributed by atoms with Crippen molar-refractivity contribution in [3.05, 3.63) is 83.6 Å². The lowest BCUT2D eigenvalue weighted by atomic mass is 10.1. The number of carbonyl (C=O) groups is 1.